The first kappa shape index (κ1) is 33.1. The zero-order chi connectivity index (χ0) is 30.8. The molecule has 1 heterocycles. The molecule has 2 aromatic rings. The minimum Gasteiger partial charge on any atom is -0.465 e. The highest BCUT2D eigenvalue weighted by molar-refractivity contribution is 6.74. The van der Waals surface area contributed by atoms with Crippen LogP contribution >= 0.6 is 0 Å². The van der Waals surface area contributed by atoms with Gasteiger partial charge in [-0.05, 0) is 91.5 Å². The van der Waals surface area contributed by atoms with Crippen molar-refractivity contribution in [3.63, 3.8) is 0 Å². The number of anilines is 1. The SMILES string of the molecule is CC(C)(C)Cc1ccc2c(c1)[C@@H](NC[C@H](O[Si](C)(C)C(C)(C)C)[C@H](Cc1cccc(F)c1)NC(=O)O)CC(C)(C)N2. The molecule has 0 aliphatic carbocycles. The molecule has 6 nitrogen and oxygen atoms in total. The second kappa shape index (κ2) is 12.4. The lowest BCUT2D eigenvalue weighted by atomic mass is 9.82. The van der Waals surface area contributed by atoms with E-state index in [1.807, 2.05) is 6.07 Å². The Morgan fingerprint density at radius 1 is 1.12 bits per heavy atom. The third-order valence-electron chi connectivity index (χ3n) is 8.33. The van der Waals surface area contributed by atoms with Gasteiger partial charge in [-0.1, -0.05) is 65.8 Å². The molecule has 228 valence electrons. The predicted molar refractivity (Wildman–Crippen MR) is 170 cm³/mol. The molecule has 3 rings (SSSR count). The van der Waals surface area contributed by atoms with Crippen molar-refractivity contribution in [2.24, 2.45) is 5.41 Å². The maximum Gasteiger partial charge on any atom is 0.404 e. The Kier molecular flexibility index (Phi) is 10.0. The molecule has 2 aromatic carbocycles. The molecule has 0 saturated carbocycles. The van der Waals surface area contributed by atoms with Crippen LogP contribution in [0.5, 0.6) is 0 Å². The van der Waals surface area contributed by atoms with Gasteiger partial charge in [0, 0.05) is 23.8 Å². The van der Waals surface area contributed by atoms with E-state index < -0.39 is 26.6 Å². The van der Waals surface area contributed by atoms with E-state index in [0.717, 1.165) is 24.1 Å². The molecule has 0 fully saturated rings. The zero-order valence-electron chi connectivity index (χ0n) is 26.7. The average Bonchev–Trinajstić information content (AvgIpc) is 2.79. The van der Waals surface area contributed by atoms with Gasteiger partial charge in [0.15, 0.2) is 8.32 Å². The number of fused-ring (bicyclic) bond motifs is 1. The Bertz CT molecular complexity index is 1200. The second-order valence-corrected chi connectivity index (χ2v) is 19.9. The smallest absolute Gasteiger partial charge is 0.404 e. The molecule has 0 unspecified atom stereocenters. The van der Waals surface area contributed by atoms with Gasteiger partial charge in [-0.15, -0.1) is 0 Å². The lowest BCUT2D eigenvalue weighted by Crippen LogP contribution is -2.56. The number of nitrogens with one attached hydrogen (secondary N) is 3. The van der Waals surface area contributed by atoms with E-state index in [1.54, 1.807) is 6.07 Å². The fraction of sp³-hybridized carbons (Fsp3) is 0.606. The molecule has 41 heavy (non-hydrogen) atoms. The van der Waals surface area contributed by atoms with Crippen LogP contribution in [0.15, 0.2) is 42.5 Å². The van der Waals surface area contributed by atoms with Crippen molar-refractivity contribution in [2.45, 2.75) is 117 Å². The molecule has 0 saturated heterocycles. The van der Waals surface area contributed by atoms with Crippen LogP contribution in [-0.4, -0.2) is 43.7 Å². The summed E-state index contributed by atoms with van der Waals surface area (Å²) in [5, 5.41) is 20.0. The van der Waals surface area contributed by atoms with Crippen molar-refractivity contribution >= 4 is 20.1 Å². The summed E-state index contributed by atoms with van der Waals surface area (Å²) in [6.45, 7) is 22.5. The maximum atomic E-state index is 14.1. The van der Waals surface area contributed by atoms with Crippen molar-refractivity contribution < 1.29 is 18.7 Å². The third kappa shape index (κ3) is 9.55. The summed E-state index contributed by atoms with van der Waals surface area (Å²) in [4.78, 5) is 12.0. The number of halogens is 1. The van der Waals surface area contributed by atoms with Gasteiger partial charge in [0.2, 0.25) is 0 Å². The van der Waals surface area contributed by atoms with Gasteiger partial charge in [-0.25, -0.2) is 9.18 Å². The van der Waals surface area contributed by atoms with Crippen LogP contribution < -0.4 is 16.0 Å². The van der Waals surface area contributed by atoms with Crippen LogP contribution in [0.25, 0.3) is 0 Å². The number of amides is 1. The molecule has 4 N–H and O–H groups in total. The Balaban J connectivity index is 1.96. The average molecular weight is 586 g/mol. The first-order valence-electron chi connectivity index (χ1n) is 14.8. The lowest BCUT2D eigenvalue weighted by Gasteiger charge is -2.43. The Morgan fingerprint density at radius 3 is 2.39 bits per heavy atom. The van der Waals surface area contributed by atoms with E-state index in [1.165, 1.54) is 23.3 Å². The fourth-order valence-electron chi connectivity index (χ4n) is 5.39. The third-order valence-corrected chi connectivity index (χ3v) is 12.8. The van der Waals surface area contributed by atoms with Crippen LogP contribution in [0.1, 0.15) is 84.5 Å². The van der Waals surface area contributed by atoms with E-state index in [2.05, 4.69) is 103 Å². The van der Waals surface area contributed by atoms with Crippen LogP contribution in [-0.2, 0) is 17.3 Å². The van der Waals surface area contributed by atoms with Gasteiger partial charge < -0.3 is 25.5 Å². The normalized spacial score (nSPS) is 18.7. The largest absolute Gasteiger partial charge is 0.465 e. The number of carbonyl (C=O) groups is 1. The molecule has 0 aromatic heterocycles. The van der Waals surface area contributed by atoms with Gasteiger partial charge in [-0.2, -0.15) is 0 Å². The molecule has 1 amide bonds. The summed E-state index contributed by atoms with van der Waals surface area (Å²) in [7, 11) is -2.29. The Labute approximate surface area is 248 Å². The highest BCUT2D eigenvalue weighted by Gasteiger charge is 2.42. The molecule has 1 aliphatic heterocycles. The first-order valence-corrected chi connectivity index (χ1v) is 17.7. The van der Waals surface area contributed by atoms with Gasteiger partial charge >= 0.3 is 6.09 Å². The van der Waals surface area contributed by atoms with Crippen LogP contribution in [0.3, 0.4) is 0 Å². The van der Waals surface area contributed by atoms with Crippen molar-refractivity contribution in [1.82, 2.24) is 10.6 Å². The number of rotatable bonds is 10. The maximum absolute atomic E-state index is 14.1. The molecular weight excluding hydrogens is 533 g/mol. The van der Waals surface area contributed by atoms with E-state index >= 15 is 0 Å². The molecule has 1 aliphatic rings. The predicted octanol–water partition coefficient (Wildman–Crippen LogP) is 7.91. The van der Waals surface area contributed by atoms with Gasteiger partial charge in [0.05, 0.1) is 12.1 Å². The standard InChI is InChI=1S/C33H52FN3O3Si/c1-31(2,3)19-23-14-15-26-25(17-23)28(20-33(7,8)37-26)35-21-29(40-41(9,10)32(4,5)6)27(36-30(38)39)18-22-12-11-13-24(34)16-22/h11-17,27-29,35-37H,18-21H2,1-10H3,(H,38,39)/t27-,28-,29-/m0/s1. The number of benzene rings is 2. The summed E-state index contributed by atoms with van der Waals surface area (Å²) in [5.74, 6) is -0.337. The zero-order valence-corrected chi connectivity index (χ0v) is 27.7. The summed E-state index contributed by atoms with van der Waals surface area (Å²) in [6.07, 6.45) is 0.609. The van der Waals surface area contributed by atoms with Crippen molar-refractivity contribution in [3.8, 4) is 0 Å². The van der Waals surface area contributed by atoms with Gasteiger partial charge in [0.1, 0.15) is 5.82 Å². The number of hydrogen-bond donors (Lipinski definition) is 4. The summed E-state index contributed by atoms with van der Waals surface area (Å²) < 4.78 is 21.0. The van der Waals surface area contributed by atoms with E-state index in [0.29, 0.717) is 13.0 Å². The number of carboxylic acid groups (broad SMARTS) is 1. The van der Waals surface area contributed by atoms with Crippen LogP contribution in [0.4, 0.5) is 14.9 Å². The fourth-order valence-corrected chi connectivity index (χ4v) is 6.74. The molecule has 3 atom stereocenters. The monoisotopic (exact) mass is 585 g/mol. The quantitative estimate of drug-likeness (QED) is 0.213. The van der Waals surface area contributed by atoms with E-state index in [9.17, 15) is 14.3 Å². The summed E-state index contributed by atoms with van der Waals surface area (Å²) >= 11 is 0. The lowest BCUT2D eigenvalue weighted by molar-refractivity contribution is 0.120. The Hall–Kier alpha value is -2.42. The van der Waals surface area contributed by atoms with Crippen LogP contribution in [0.2, 0.25) is 18.1 Å². The summed E-state index contributed by atoms with van der Waals surface area (Å²) in [5.41, 5.74) is 4.44. The minimum absolute atomic E-state index is 0.0614. The topological polar surface area (TPSA) is 82.6 Å². The van der Waals surface area contributed by atoms with Crippen molar-refractivity contribution in [1.29, 1.82) is 0 Å². The molecular formula is C33H52FN3O3Si. The van der Waals surface area contributed by atoms with Crippen molar-refractivity contribution in [2.75, 3.05) is 11.9 Å². The second-order valence-electron chi connectivity index (χ2n) is 15.1. The number of hydrogen-bond acceptors (Lipinski definition) is 4. The molecule has 0 radical (unpaired) electrons. The minimum atomic E-state index is -2.29. The van der Waals surface area contributed by atoms with Gasteiger partial charge in [-0.3, -0.25) is 0 Å². The Morgan fingerprint density at radius 2 is 1.80 bits per heavy atom. The molecule has 0 spiro atoms. The van der Waals surface area contributed by atoms with E-state index in [4.69, 9.17) is 4.43 Å². The highest BCUT2D eigenvalue weighted by Crippen LogP contribution is 2.40. The van der Waals surface area contributed by atoms with E-state index in [-0.39, 0.29) is 27.9 Å². The van der Waals surface area contributed by atoms with Gasteiger partial charge in [0.25, 0.3) is 0 Å². The first-order chi connectivity index (χ1) is 18.7. The van der Waals surface area contributed by atoms with Crippen LogP contribution in [0, 0.1) is 11.2 Å². The summed E-state index contributed by atoms with van der Waals surface area (Å²) in [6, 6.07) is 12.6. The molecule has 8 heteroatoms. The van der Waals surface area contributed by atoms with Crippen molar-refractivity contribution in [3.05, 3.63) is 65.0 Å². The molecule has 0 bridgehead atoms. The highest BCUT2D eigenvalue weighted by atomic mass is 28.4.